The van der Waals surface area contributed by atoms with Gasteiger partial charge in [0, 0.05) is 11.5 Å². The normalized spacial score (nSPS) is 15.4. The highest BCUT2D eigenvalue weighted by Crippen LogP contribution is 2.08. The van der Waals surface area contributed by atoms with Gasteiger partial charge in [0.05, 0.1) is 12.6 Å². The lowest BCUT2D eigenvalue weighted by molar-refractivity contribution is -0.141. The van der Waals surface area contributed by atoms with Crippen molar-refractivity contribution in [3.8, 4) is 0 Å². The van der Waals surface area contributed by atoms with Gasteiger partial charge in [-0.2, -0.15) is 25.3 Å². The van der Waals surface area contributed by atoms with E-state index in [1.807, 2.05) is 6.92 Å². The molecule has 0 rings (SSSR count). The third kappa shape index (κ3) is 8.45. The van der Waals surface area contributed by atoms with Crippen LogP contribution in [0.5, 0.6) is 0 Å². The van der Waals surface area contributed by atoms with Crippen LogP contribution in [-0.2, 0) is 19.2 Å². The summed E-state index contributed by atoms with van der Waals surface area (Å²) in [5.74, 6) is -3.15. The van der Waals surface area contributed by atoms with E-state index in [2.05, 4.69) is 41.2 Å². The maximum Gasteiger partial charge on any atom is 0.327 e. The summed E-state index contributed by atoms with van der Waals surface area (Å²) in [6.45, 7) is 3.23. The van der Waals surface area contributed by atoms with Gasteiger partial charge in [-0.1, -0.05) is 20.3 Å². The highest BCUT2D eigenvalue weighted by atomic mass is 32.1. The van der Waals surface area contributed by atoms with E-state index in [-0.39, 0.29) is 24.0 Å². The van der Waals surface area contributed by atoms with Crippen LogP contribution in [0.3, 0.4) is 0 Å². The Morgan fingerprint density at radius 1 is 1.08 bits per heavy atom. The zero-order valence-electron chi connectivity index (χ0n) is 14.2. The Bertz CT molecular complexity index is 492. The van der Waals surface area contributed by atoms with Crippen LogP contribution in [0.15, 0.2) is 0 Å². The van der Waals surface area contributed by atoms with E-state index < -0.39 is 41.8 Å². The van der Waals surface area contributed by atoms with E-state index in [1.165, 1.54) is 0 Å². The minimum atomic E-state index is -1.22. The van der Waals surface area contributed by atoms with Gasteiger partial charge in [0.1, 0.15) is 12.1 Å². The van der Waals surface area contributed by atoms with Crippen molar-refractivity contribution in [1.29, 1.82) is 0 Å². The van der Waals surface area contributed by atoms with Crippen molar-refractivity contribution in [2.45, 2.75) is 38.4 Å². The lowest BCUT2D eigenvalue weighted by atomic mass is 9.98. The average Bonchev–Trinajstić information content (AvgIpc) is 2.59. The zero-order chi connectivity index (χ0) is 19.6. The fourth-order valence-corrected chi connectivity index (χ4v) is 2.17. The number of thiol groups is 2. The highest BCUT2D eigenvalue weighted by molar-refractivity contribution is 7.80. The Kier molecular flexibility index (Phi) is 11.3. The summed E-state index contributed by atoms with van der Waals surface area (Å²) < 4.78 is 0. The topological polar surface area (TPSA) is 151 Å². The van der Waals surface area contributed by atoms with Crippen molar-refractivity contribution < 1.29 is 24.3 Å². The minimum Gasteiger partial charge on any atom is -0.480 e. The molecule has 0 heterocycles. The van der Waals surface area contributed by atoms with Gasteiger partial charge >= 0.3 is 5.97 Å². The predicted molar refractivity (Wildman–Crippen MR) is 99.6 cm³/mol. The summed E-state index contributed by atoms with van der Waals surface area (Å²) in [5.41, 5.74) is 5.47. The number of aliphatic carboxylic acids is 1. The number of rotatable bonds is 11. The largest absolute Gasteiger partial charge is 0.480 e. The molecule has 0 aliphatic carbocycles. The molecule has 0 bridgehead atoms. The summed E-state index contributed by atoms with van der Waals surface area (Å²) in [4.78, 5) is 46.8. The molecule has 0 aliphatic heterocycles. The number of carbonyl (C=O) groups excluding carboxylic acids is 3. The molecule has 9 nitrogen and oxygen atoms in total. The summed E-state index contributed by atoms with van der Waals surface area (Å²) in [7, 11) is 0. The van der Waals surface area contributed by atoms with Gasteiger partial charge < -0.3 is 26.8 Å². The third-order valence-corrected chi connectivity index (χ3v) is 4.32. The summed E-state index contributed by atoms with van der Waals surface area (Å²) >= 11 is 7.76. The molecule has 0 aromatic rings. The van der Waals surface area contributed by atoms with Gasteiger partial charge in [-0.05, 0) is 5.92 Å². The molecule has 144 valence electrons. The number of carboxylic acid groups (broad SMARTS) is 1. The van der Waals surface area contributed by atoms with Gasteiger partial charge in [0.15, 0.2) is 0 Å². The van der Waals surface area contributed by atoms with Crippen molar-refractivity contribution in [3.63, 3.8) is 0 Å². The van der Waals surface area contributed by atoms with E-state index in [9.17, 15) is 19.2 Å². The van der Waals surface area contributed by atoms with E-state index in [0.717, 1.165) is 0 Å². The molecular formula is C14H26N4O5S2. The van der Waals surface area contributed by atoms with Crippen LogP contribution in [-0.4, -0.2) is 65.0 Å². The summed E-state index contributed by atoms with van der Waals surface area (Å²) in [6.07, 6.45) is 0.577. The second kappa shape index (κ2) is 12.0. The lowest BCUT2D eigenvalue weighted by Crippen LogP contribution is -2.56. The SMILES string of the molecule is CCC(C)C(NC(=O)CNC(=O)C(N)CS)C(=O)NC(CS)C(=O)O. The van der Waals surface area contributed by atoms with Crippen LogP contribution >= 0.6 is 25.3 Å². The first-order valence-corrected chi connectivity index (χ1v) is 9.01. The van der Waals surface area contributed by atoms with Crippen LogP contribution in [0, 0.1) is 5.92 Å². The Hall–Kier alpha value is -1.46. The molecule has 0 saturated carbocycles. The number of hydrogen-bond acceptors (Lipinski definition) is 7. The minimum absolute atomic E-state index is 0.0834. The molecule has 0 radical (unpaired) electrons. The van der Waals surface area contributed by atoms with Gasteiger partial charge in [0.25, 0.3) is 0 Å². The second-order valence-electron chi connectivity index (χ2n) is 5.52. The molecule has 4 unspecified atom stereocenters. The molecule has 25 heavy (non-hydrogen) atoms. The molecule has 0 aromatic heterocycles. The number of carbonyl (C=O) groups is 4. The van der Waals surface area contributed by atoms with Crippen molar-refractivity contribution in [1.82, 2.24) is 16.0 Å². The fraction of sp³-hybridized carbons (Fsp3) is 0.714. The third-order valence-electron chi connectivity index (χ3n) is 3.57. The molecule has 0 saturated heterocycles. The number of nitrogens with two attached hydrogens (primary N) is 1. The van der Waals surface area contributed by atoms with Crippen LogP contribution < -0.4 is 21.7 Å². The van der Waals surface area contributed by atoms with Crippen molar-refractivity contribution in [2.24, 2.45) is 11.7 Å². The van der Waals surface area contributed by atoms with Crippen LogP contribution in [0.2, 0.25) is 0 Å². The maximum absolute atomic E-state index is 12.3. The van der Waals surface area contributed by atoms with Crippen molar-refractivity contribution >= 4 is 48.9 Å². The van der Waals surface area contributed by atoms with E-state index in [4.69, 9.17) is 10.8 Å². The van der Waals surface area contributed by atoms with Gasteiger partial charge in [0.2, 0.25) is 17.7 Å². The quantitative estimate of drug-likeness (QED) is 0.210. The second-order valence-corrected chi connectivity index (χ2v) is 6.25. The van der Waals surface area contributed by atoms with Gasteiger partial charge in [-0.25, -0.2) is 4.79 Å². The molecule has 0 fully saturated rings. The first kappa shape index (κ1) is 23.5. The van der Waals surface area contributed by atoms with Crippen LogP contribution in [0.1, 0.15) is 20.3 Å². The molecule has 4 atom stereocenters. The predicted octanol–water partition coefficient (Wildman–Crippen LogP) is -1.61. The Labute approximate surface area is 157 Å². The molecule has 0 aliphatic rings. The van der Waals surface area contributed by atoms with E-state index in [1.54, 1.807) is 6.92 Å². The molecule has 6 N–H and O–H groups in total. The first-order valence-electron chi connectivity index (χ1n) is 7.75. The Morgan fingerprint density at radius 2 is 1.68 bits per heavy atom. The number of hydrogen-bond donors (Lipinski definition) is 7. The standard InChI is InChI=1S/C14H26N4O5S2/c1-3-7(2)11(13(21)17-9(6-25)14(22)23)18-10(19)4-16-12(20)8(15)5-24/h7-9,11,24-25H,3-6,15H2,1-2H3,(H,16,20)(H,17,21)(H,18,19)(H,22,23). The lowest BCUT2D eigenvalue weighted by Gasteiger charge is -2.25. The molecule has 11 heteroatoms. The number of carboxylic acids is 1. The van der Waals surface area contributed by atoms with Gasteiger partial charge in [-0.15, -0.1) is 0 Å². The Morgan fingerprint density at radius 3 is 2.12 bits per heavy atom. The number of amides is 3. The fourth-order valence-electron chi connectivity index (χ4n) is 1.75. The molecular weight excluding hydrogens is 368 g/mol. The van der Waals surface area contributed by atoms with Gasteiger partial charge in [-0.3, -0.25) is 14.4 Å². The molecule has 3 amide bonds. The summed E-state index contributed by atoms with van der Waals surface area (Å²) in [6, 6.07) is -2.93. The Balaban J connectivity index is 4.82. The zero-order valence-corrected chi connectivity index (χ0v) is 16.0. The van der Waals surface area contributed by atoms with Crippen molar-refractivity contribution in [3.05, 3.63) is 0 Å². The summed E-state index contributed by atoms with van der Waals surface area (Å²) in [5, 5.41) is 16.2. The van der Waals surface area contributed by atoms with E-state index in [0.29, 0.717) is 6.42 Å². The monoisotopic (exact) mass is 394 g/mol. The van der Waals surface area contributed by atoms with Crippen molar-refractivity contribution in [2.75, 3.05) is 18.1 Å². The number of nitrogens with one attached hydrogen (secondary N) is 3. The molecule has 0 spiro atoms. The highest BCUT2D eigenvalue weighted by Gasteiger charge is 2.29. The first-order chi connectivity index (χ1) is 11.7. The van der Waals surface area contributed by atoms with E-state index >= 15 is 0 Å². The van der Waals surface area contributed by atoms with Crippen LogP contribution in [0.4, 0.5) is 0 Å². The average molecular weight is 395 g/mol. The molecule has 0 aromatic carbocycles. The van der Waals surface area contributed by atoms with Crippen LogP contribution in [0.25, 0.3) is 0 Å². The smallest absolute Gasteiger partial charge is 0.327 e. The maximum atomic E-state index is 12.3.